The summed E-state index contributed by atoms with van der Waals surface area (Å²) in [5.74, 6) is 0.144. The number of ether oxygens (including phenoxy) is 5. The van der Waals surface area contributed by atoms with Crippen molar-refractivity contribution < 1.29 is 85.7 Å². The number of anilines is 1. The second kappa shape index (κ2) is 32.3. The molecule has 1 unspecified atom stereocenters. The average molecular weight is 1190 g/mol. The predicted molar refractivity (Wildman–Crippen MR) is 287 cm³/mol. The molecule has 3 aromatic rings. The fourth-order valence-corrected chi connectivity index (χ4v) is 11.0. The van der Waals surface area contributed by atoms with Crippen LogP contribution in [0.15, 0.2) is 63.7 Å². The van der Waals surface area contributed by atoms with E-state index in [0.29, 0.717) is 101 Å². The van der Waals surface area contributed by atoms with Gasteiger partial charge in [0.2, 0.25) is 11.8 Å². The maximum absolute atomic E-state index is 12.9. The molecule has 5 amide bonds. The number of fused-ring (bicyclic) bond motifs is 1. The summed E-state index contributed by atoms with van der Waals surface area (Å²) >= 11 is 1.88. The van der Waals surface area contributed by atoms with Gasteiger partial charge in [0.25, 0.3) is 5.91 Å². The Balaban J connectivity index is 0.766. The average Bonchev–Trinajstić information content (AvgIpc) is 4.18. The van der Waals surface area contributed by atoms with Crippen LogP contribution in [0.25, 0.3) is 0 Å². The highest BCUT2D eigenvalue weighted by molar-refractivity contribution is 8.00. The number of phenols is 1. The normalized spacial score (nSPS) is 19.9. The summed E-state index contributed by atoms with van der Waals surface area (Å²) in [4.78, 5) is 102. The Morgan fingerprint density at radius 1 is 0.800 bits per heavy atom. The molecule has 4 heterocycles. The molecule has 0 spiro atoms. The molecule has 1 aromatic heterocycles. The molecular formula is C48H70N10O19P2S. The fraction of sp³-hybridized carbons (Fsp3) is 0.583. The number of nitrogen functional groups attached to an aromatic ring is 1. The second-order valence-electron chi connectivity index (χ2n) is 18.6. The molecule has 3 aliphatic heterocycles. The zero-order valence-electron chi connectivity index (χ0n) is 43.8. The highest BCUT2D eigenvalue weighted by Crippen LogP contribution is 2.45. The number of phosphoric acid groups is 2. The van der Waals surface area contributed by atoms with E-state index in [1.54, 1.807) is 36.4 Å². The number of nitrogens with one attached hydrogen (secondary N) is 5. The quantitative estimate of drug-likeness (QED) is 0.0172. The minimum absolute atomic E-state index is 0.00156. The number of benzene rings is 2. The van der Waals surface area contributed by atoms with Gasteiger partial charge in [-0.25, -0.2) is 18.7 Å². The molecular weight excluding hydrogens is 1110 g/mol. The summed E-state index contributed by atoms with van der Waals surface area (Å²) in [7, 11) is -10.1. The van der Waals surface area contributed by atoms with E-state index in [0.717, 1.165) is 35.1 Å². The number of nitrogens with zero attached hydrogens (tertiary/aromatic N) is 4. The number of carbonyl (C=O) groups excluding carboxylic acids is 4. The first-order chi connectivity index (χ1) is 38.3. The van der Waals surface area contributed by atoms with Gasteiger partial charge in [-0.2, -0.15) is 21.9 Å². The molecule has 2 aromatic carbocycles. The number of hydrogen-bond acceptors (Lipinski definition) is 20. The smallest absolute Gasteiger partial charge is 0.469 e. The molecule has 0 bridgehead atoms. The molecule has 6 atom stereocenters. The molecule has 6 rings (SSSR count). The topological polar surface area (TPSA) is 414 Å². The third kappa shape index (κ3) is 22.5. The number of amides is 5. The van der Waals surface area contributed by atoms with Crippen molar-refractivity contribution >= 4 is 68.4 Å². The van der Waals surface area contributed by atoms with Crippen LogP contribution < -0.4 is 38.0 Å². The lowest BCUT2D eigenvalue weighted by Crippen LogP contribution is -2.36. The maximum atomic E-state index is 12.9. The number of carbonyl (C=O) groups is 4. The number of unbranched alkanes of at least 4 members (excludes halogenated alkanes) is 1. The summed E-state index contributed by atoms with van der Waals surface area (Å²) in [6.07, 6.45) is 1.41. The van der Waals surface area contributed by atoms with E-state index >= 15 is 0 Å². The van der Waals surface area contributed by atoms with Crippen molar-refractivity contribution in [2.75, 3.05) is 90.6 Å². The monoisotopic (exact) mass is 1180 g/mol. The van der Waals surface area contributed by atoms with Crippen molar-refractivity contribution in [3.63, 3.8) is 0 Å². The summed E-state index contributed by atoms with van der Waals surface area (Å²) in [6.45, 7) is 2.95. The van der Waals surface area contributed by atoms with Gasteiger partial charge < -0.3 is 80.7 Å². The highest BCUT2D eigenvalue weighted by atomic mass is 32.2. The van der Waals surface area contributed by atoms with Gasteiger partial charge in [0.1, 0.15) is 35.7 Å². The highest BCUT2D eigenvalue weighted by Gasteiger charge is 2.43. The Kier molecular flexibility index (Phi) is 25.7. The number of urea groups is 1. The molecule has 3 fully saturated rings. The van der Waals surface area contributed by atoms with Crippen LogP contribution >= 0.6 is 27.4 Å². The number of hydrogen-bond donors (Lipinski definition) is 11. The number of rotatable bonds is 36. The van der Waals surface area contributed by atoms with Gasteiger partial charge in [0, 0.05) is 67.2 Å². The zero-order chi connectivity index (χ0) is 57.5. The number of azo groups is 1. The molecule has 29 nitrogen and oxygen atoms in total. The van der Waals surface area contributed by atoms with Gasteiger partial charge >= 0.3 is 27.4 Å². The van der Waals surface area contributed by atoms with Gasteiger partial charge in [0.05, 0.1) is 77.2 Å². The van der Waals surface area contributed by atoms with Gasteiger partial charge in [0.15, 0.2) is 0 Å². The molecule has 32 heteroatoms. The second-order valence-corrected chi connectivity index (χ2v) is 22.3. The van der Waals surface area contributed by atoms with Gasteiger partial charge in [-0.1, -0.05) is 12.5 Å². The standard InChI is InChI=1S/C48H70N10O19P2S/c49-45-33(28-58(48(64)55-45)43-27-38(77-79(68,69)70)39(76-43)29-75-78(65,66)67)4-3-15-52-46(62)32-8-10-34(11-9-32)56-57-35-26-31(7-12-37(35)59)13-16-50-42(61)14-18-71-20-22-73-24-25-74-23-21-72-19-17-51-41(60)6-2-1-5-40-44-36(30-80-40)53-47(63)54-44/h7-12,26,28,36,38-40,43-44,59H,1-6,13-25,27,29-30H2,(H,50,61)(H,51,60)(H,52,62)(H2,49,55,64)(H2,53,54,63)(H2,65,66,67)(H2,68,69,70)/t36-,38?,39+,40-,43+,44-/m0/s1. The summed E-state index contributed by atoms with van der Waals surface area (Å²) in [5, 5.41) is 33.6. The molecule has 0 saturated carbocycles. The van der Waals surface area contributed by atoms with Crippen LogP contribution in [0.2, 0.25) is 0 Å². The summed E-state index contributed by atoms with van der Waals surface area (Å²) < 4.78 is 60.6. The molecule has 80 heavy (non-hydrogen) atoms. The van der Waals surface area contributed by atoms with Crippen molar-refractivity contribution in [3.8, 4) is 5.75 Å². The predicted octanol–water partition coefficient (Wildman–Crippen LogP) is 2.14. The Hall–Kier alpha value is -5.43. The summed E-state index contributed by atoms with van der Waals surface area (Å²) in [6, 6.07) is 11.4. The van der Waals surface area contributed by atoms with E-state index in [9.17, 15) is 48.0 Å². The summed E-state index contributed by atoms with van der Waals surface area (Å²) in [5.41, 5.74) is 7.22. The van der Waals surface area contributed by atoms with Crippen LogP contribution in [-0.4, -0.2) is 172 Å². The third-order valence-electron chi connectivity index (χ3n) is 12.6. The van der Waals surface area contributed by atoms with Crippen LogP contribution in [-0.2, 0) is 64.3 Å². The molecule has 0 radical (unpaired) electrons. The Bertz CT molecular complexity index is 2700. The van der Waals surface area contributed by atoms with Crippen molar-refractivity contribution in [1.29, 1.82) is 0 Å². The van der Waals surface area contributed by atoms with Crippen molar-refractivity contribution in [2.45, 2.75) is 93.6 Å². The van der Waals surface area contributed by atoms with Crippen LogP contribution in [0.3, 0.4) is 0 Å². The van der Waals surface area contributed by atoms with Crippen LogP contribution in [0.4, 0.5) is 22.0 Å². The number of aryl methyl sites for hydroxylation is 1. The van der Waals surface area contributed by atoms with Crippen molar-refractivity contribution in [3.05, 3.63) is 75.8 Å². The number of nitrogens with two attached hydrogens (primary N) is 1. The van der Waals surface area contributed by atoms with Crippen molar-refractivity contribution in [1.82, 2.24) is 36.1 Å². The van der Waals surface area contributed by atoms with Gasteiger partial charge in [-0.05, 0) is 74.1 Å². The number of aromatic nitrogens is 2. The van der Waals surface area contributed by atoms with Crippen LogP contribution in [0, 0.1) is 0 Å². The molecule has 0 aliphatic carbocycles. The first-order valence-electron chi connectivity index (χ1n) is 25.9. The van der Waals surface area contributed by atoms with Crippen LogP contribution in [0.1, 0.15) is 72.7 Å². The first-order valence-corrected chi connectivity index (χ1v) is 30.0. The minimum Gasteiger partial charge on any atom is -0.506 e. The Morgan fingerprint density at radius 2 is 1.49 bits per heavy atom. The maximum Gasteiger partial charge on any atom is 0.469 e. The fourth-order valence-electron chi connectivity index (χ4n) is 8.56. The van der Waals surface area contributed by atoms with E-state index in [2.05, 4.69) is 46.3 Å². The number of thioether (sulfide) groups is 1. The lowest BCUT2D eigenvalue weighted by Gasteiger charge is -2.19. The first kappa shape index (κ1) is 63.7. The largest absolute Gasteiger partial charge is 0.506 e. The lowest BCUT2D eigenvalue weighted by atomic mass is 10.0. The molecule has 12 N–H and O–H groups in total. The van der Waals surface area contributed by atoms with Crippen molar-refractivity contribution in [2.24, 2.45) is 10.2 Å². The van der Waals surface area contributed by atoms with E-state index in [1.165, 1.54) is 12.3 Å². The van der Waals surface area contributed by atoms with Crippen LogP contribution in [0.5, 0.6) is 5.75 Å². The van der Waals surface area contributed by atoms with E-state index in [4.69, 9.17) is 43.7 Å². The van der Waals surface area contributed by atoms with E-state index in [-0.39, 0.29) is 79.6 Å². The third-order valence-corrected chi connectivity index (χ3v) is 15.1. The molecule has 442 valence electrons. The molecule has 3 aliphatic rings. The van der Waals surface area contributed by atoms with E-state index < -0.39 is 52.3 Å². The number of aromatic hydroxyl groups is 1. The Labute approximate surface area is 464 Å². The minimum atomic E-state index is -5.08. The van der Waals surface area contributed by atoms with Gasteiger partial charge in [-0.3, -0.25) is 28.0 Å². The Morgan fingerprint density at radius 3 is 2.20 bits per heavy atom. The van der Waals surface area contributed by atoms with E-state index in [1.807, 2.05) is 11.8 Å². The van der Waals surface area contributed by atoms with Gasteiger partial charge in [-0.15, -0.1) is 5.11 Å². The number of phenolic OH excluding ortho intramolecular Hbond substituents is 1. The number of phosphoric ester groups is 2. The zero-order valence-corrected chi connectivity index (χ0v) is 46.4. The SMILES string of the molecule is Nc1nc(=O)n([C@H]2CC(OP(=O)(O)O)[C@@H](COP(=O)(O)O)O2)cc1CCCNC(=O)c1ccc(N=Nc2cc(CCNC(=O)CCOCCOCCOCCOCCNC(=O)CCCC[C@@H]3SC[C@@H]4NC(=O)N[C@@H]43)ccc2O)cc1. The molecule has 3 saturated heterocycles. The lowest BCUT2D eigenvalue weighted by molar-refractivity contribution is -0.122.